The third kappa shape index (κ3) is 1.57. The summed E-state index contributed by atoms with van der Waals surface area (Å²) in [5, 5.41) is 0. The molecule has 0 radical (unpaired) electrons. The van der Waals surface area contributed by atoms with Crippen molar-refractivity contribution < 1.29 is 17.0 Å². The Labute approximate surface area is 65.3 Å². The first kappa shape index (κ1) is 9.17. The monoisotopic (exact) mass is 160 g/mol. The molecule has 0 N–H and O–H groups in total. The highest BCUT2D eigenvalue weighted by molar-refractivity contribution is 4.72. The highest BCUT2D eigenvalue weighted by Gasteiger charge is 1.97. The van der Waals surface area contributed by atoms with Gasteiger partial charge in [0.15, 0.2) is 0 Å². The Morgan fingerprint density at radius 1 is 1.60 bits per heavy atom. The lowest BCUT2D eigenvalue weighted by atomic mass is 10.6. The quantitative estimate of drug-likeness (QED) is 0.358. The number of hydrogen-bond acceptors (Lipinski definition) is 1. The molecule has 1 heterocycles. The van der Waals surface area contributed by atoms with E-state index in [2.05, 4.69) is 0 Å². The molecule has 4 heteroatoms. The van der Waals surface area contributed by atoms with Gasteiger partial charge in [-0.05, 0) is 0 Å². The molecule has 0 aromatic carbocycles. The number of rotatable bonds is 0. The average molecular weight is 161 g/mol. The number of hydrogen-bond donors (Lipinski definition) is 0. The first-order valence-corrected chi connectivity index (χ1v) is 2.73. The molecule has 0 unspecified atom stereocenters. The van der Waals surface area contributed by atoms with Crippen LogP contribution >= 0.6 is 0 Å². The van der Waals surface area contributed by atoms with Crippen LogP contribution in [0.3, 0.4) is 0 Å². The van der Waals surface area contributed by atoms with Gasteiger partial charge in [0, 0.05) is 6.07 Å². The molecule has 1 rings (SSSR count). The van der Waals surface area contributed by atoms with Crippen LogP contribution in [0.15, 0.2) is 23.3 Å². The molecular formula is C6H9ClN2O. The highest BCUT2D eigenvalue weighted by Crippen LogP contribution is 1.66. The zero-order chi connectivity index (χ0) is 6.85. The Bertz CT molecular complexity index is 245. The Morgan fingerprint density at radius 2 is 2.20 bits per heavy atom. The van der Waals surface area contributed by atoms with Gasteiger partial charge < -0.3 is 12.4 Å². The molecule has 0 atom stereocenters. The van der Waals surface area contributed by atoms with Gasteiger partial charge in [-0.25, -0.2) is 9.13 Å². The van der Waals surface area contributed by atoms with E-state index in [9.17, 15) is 4.79 Å². The molecule has 0 aliphatic carbocycles. The molecule has 56 valence electrons. The molecule has 0 amide bonds. The second-order valence-electron chi connectivity index (χ2n) is 1.99. The molecule has 0 saturated heterocycles. The van der Waals surface area contributed by atoms with Gasteiger partial charge in [0.05, 0.1) is 26.5 Å². The summed E-state index contributed by atoms with van der Waals surface area (Å²) in [6.45, 7) is 0. The molecule has 1 aromatic heterocycles. The van der Waals surface area contributed by atoms with Gasteiger partial charge in [-0.2, -0.15) is 4.79 Å². The van der Waals surface area contributed by atoms with Crippen LogP contribution in [0.4, 0.5) is 0 Å². The van der Waals surface area contributed by atoms with Crippen LogP contribution in [-0.4, -0.2) is 4.57 Å². The second-order valence-corrected chi connectivity index (χ2v) is 1.99. The maximum Gasteiger partial charge on any atom is 0.497 e. The molecule has 0 aliphatic rings. The van der Waals surface area contributed by atoms with Crippen molar-refractivity contribution in [2.45, 2.75) is 0 Å². The van der Waals surface area contributed by atoms with E-state index in [0.29, 0.717) is 0 Å². The van der Waals surface area contributed by atoms with Crippen LogP contribution in [-0.2, 0) is 14.1 Å². The van der Waals surface area contributed by atoms with E-state index in [1.54, 1.807) is 26.5 Å². The zero-order valence-corrected chi connectivity index (χ0v) is 6.67. The van der Waals surface area contributed by atoms with Crippen molar-refractivity contribution in [2.75, 3.05) is 0 Å². The Kier molecular flexibility index (Phi) is 3.09. The van der Waals surface area contributed by atoms with Gasteiger partial charge in [-0.15, -0.1) is 0 Å². The highest BCUT2D eigenvalue weighted by atomic mass is 35.5. The van der Waals surface area contributed by atoms with Crippen molar-refractivity contribution in [3.05, 3.63) is 28.9 Å². The van der Waals surface area contributed by atoms with E-state index >= 15 is 0 Å². The maximum absolute atomic E-state index is 10.9. The Hall–Kier alpha value is -0.830. The molecular weight excluding hydrogens is 152 g/mol. The summed E-state index contributed by atoms with van der Waals surface area (Å²) >= 11 is 0. The van der Waals surface area contributed by atoms with Gasteiger partial charge in [0.1, 0.15) is 0 Å². The van der Waals surface area contributed by atoms with Crippen molar-refractivity contribution in [3.63, 3.8) is 0 Å². The fourth-order valence-corrected chi connectivity index (χ4v) is 0.673. The summed E-state index contributed by atoms with van der Waals surface area (Å²) in [4.78, 5) is 10.9. The lowest BCUT2D eigenvalue weighted by molar-refractivity contribution is -0.690. The minimum absolute atomic E-state index is 0. The van der Waals surface area contributed by atoms with E-state index in [1.165, 1.54) is 9.13 Å². The molecule has 10 heavy (non-hydrogen) atoms. The van der Waals surface area contributed by atoms with Gasteiger partial charge in [-0.3, -0.25) is 0 Å². The summed E-state index contributed by atoms with van der Waals surface area (Å²) in [6.07, 6.45) is 3.45. The van der Waals surface area contributed by atoms with Crippen LogP contribution in [0.25, 0.3) is 0 Å². The van der Waals surface area contributed by atoms with E-state index in [4.69, 9.17) is 0 Å². The summed E-state index contributed by atoms with van der Waals surface area (Å²) in [6, 6.07) is 1.82. The third-order valence-corrected chi connectivity index (χ3v) is 1.22. The first-order chi connectivity index (χ1) is 4.22. The van der Waals surface area contributed by atoms with Crippen LogP contribution in [0.5, 0.6) is 0 Å². The Balaban J connectivity index is 0.000000810. The van der Waals surface area contributed by atoms with Gasteiger partial charge in [0.25, 0.3) is 0 Å². The number of aryl methyl sites for hydroxylation is 2. The molecule has 0 spiro atoms. The summed E-state index contributed by atoms with van der Waals surface area (Å²) in [7, 11) is 3.45. The SMILES string of the molecule is Cn1ccc[n+](C)c1=O.[Cl-]. The molecule has 0 saturated carbocycles. The number of aromatic nitrogens is 2. The normalized spacial score (nSPS) is 8.60. The largest absolute Gasteiger partial charge is 1.00 e. The lowest BCUT2D eigenvalue weighted by Gasteiger charge is -1.88. The predicted molar refractivity (Wildman–Crippen MR) is 32.9 cm³/mol. The predicted octanol–water partition coefficient (Wildman–Crippen LogP) is -3.79. The van der Waals surface area contributed by atoms with E-state index in [-0.39, 0.29) is 18.1 Å². The van der Waals surface area contributed by atoms with Crippen LogP contribution < -0.4 is 22.7 Å². The van der Waals surface area contributed by atoms with Gasteiger partial charge in [0.2, 0.25) is 0 Å². The van der Waals surface area contributed by atoms with Crippen LogP contribution in [0.2, 0.25) is 0 Å². The minimum Gasteiger partial charge on any atom is -1.00 e. The number of halogens is 1. The molecule has 0 bridgehead atoms. The lowest BCUT2D eigenvalue weighted by Crippen LogP contribution is -3.00. The van der Waals surface area contributed by atoms with Gasteiger partial charge >= 0.3 is 5.69 Å². The molecule has 0 aliphatic heterocycles. The van der Waals surface area contributed by atoms with Gasteiger partial charge in [-0.1, -0.05) is 0 Å². The van der Waals surface area contributed by atoms with Crippen LogP contribution in [0, 0.1) is 0 Å². The van der Waals surface area contributed by atoms with E-state index < -0.39 is 0 Å². The first-order valence-electron chi connectivity index (χ1n) is 2.73. The number of nitrogens with zero attached hydrogens (tertiary/aromatic N) is 2. The Morgan fingerprint density at radius 3 is 2.60 bits per heavy atom. The van der Waals surface area contributed by atoms with Crippen molar-refractivity contribution in [1.29, 1.82) is 0 Å². The van der Waals surface area contributed by atoms with Crippen molar-refractivity contribution >= 4 is 0 Å². The van der Waals surface area contributed by atoms with E-state index in [1.807, 2.05) is 6.07 Å². The van der Waals surface area contributed by atoms with E-state index in [0.717, 1.165) is 0 Å². The van der Waals surface area contributed by atoms with Crippen LogP contribution in [0.1, 0.15) is 0 Å². The van der Waals surface area contributed by atoms with Crippen molar-refractivity contribution in [1.82, 2.24) is 4.57 Å². The second kappa shape index (κ2) is 3.37. The molecule has 1 aromatic rings. The maximum atomic E-state index is 10.9. The minimum atomic E-state index is -0.00231. The standard InChI is InChI=1S/C6H9N2O.ClH/c1-7-4-3-5-8(2)6(7)9;/h3-5H,1-2H3;1H/q+1;/p-1. The summed E-state index contributed by atoms with van der Waals surface area (Å²) in [5.74, 6) is 0. The van der Waals surface area contributed by atoms with Crippen molar-refractivity contribution in [2.24, 2.45) is 14.1 Å². The fourth-order valence-electron chi connectivity index (χ4n) is 0.673. The molecule has 3 nitrogen and oxygen atoms in total. The summed E-state index contributed by atoms with van der Waals surface area (Å²) < 4.78 is 3.06. The third-order valence-electron chi connectivity index (χ3n) is 1.22. The average Bonchev–Trinajstić information content (AvgIpc) is 1.83. The topological polar surface area (TPSA) is 25.9 Å². The fraction of sp³-hybridized carbons (Fsp3) is 0.333. The van der Waals surface area contributed by atoms with Crippen molar-refractivity contribution in [3.8, 4) is 0 Å². The molecule has 0 fully saturated rings. The summed E-state index contributed by atoms with van der Waals surface area (Å²) in [5.41, 5.74) is -0.00231. The smallest absolute Gasteiger partial charge is 0.497 e. The zero-order valence-electron chi connectivity index (χ0n) is 5.91.